The zero-order valence-electron chi connectivity index (χ0n) is 7.95. The van der Waals surface area contributed by atoms with Crippen molar-refractivity contribution >= 4 is 18.1 Å². The molecule has 0 saturated heterocycles. The van der Waals surface area contributed by atoms with Gasteiger partial charge in [-0.3, -0.25) is 9.59 Å². The third-order valence-electron chi connectivity index (χ3n) is 0.287. The molecule has 0 amide bonds. The standard InChI is InChI=1S/C4H6O3.CH2O3.2Na/c1-3(5)7-4(2)6;2-1(3)4;;/h1-2H3;(H2,2,3,4);;/q;;2*+1/p-2. The number of esters is 2. The molecule has 0 saturated carbocycles. The van der Waals surface area contributed by atoms with Crippen molar-refractivity contribution in [3.8, 4) is 0 Å². The molecule has 0 aromatic rings. The number of carboxylic acid groups (broad SMARTS) is 2. The molecule has 0 bridgehead atoms. The molecular weight excluding hydrogens is 202 g/mol. The Hall–Kier alpha value is 0.410. The van der Waals surface area contributed by atoms with Crippen LogP contribution in [-0.2, 0) is 14.3 Å². The summed E-state index contributed by atoms with van der Waals surface area (Å²) in [6.45, 7) is 2.36. The van der Waals surface area contributed by atoms with Crippen molar-refractivity contribution in [3.63, 3.8) is 0 Å². The van der Waals surface area contributed by atoms with Gasteiger partial charge in [0, 0.05) is 13.8 Å². The van der Waals surface area contributed by atoms with Gasteiger partial charge in [-0.1, -0.05) is 0 Å². The van der Waals surface area contributed by atoms with E-state index in [0.29, 0.717) is 0 Å². The van der Waals surface area contributed by atoms with Gasteiger partial charge in [0.2, 0.25) is 0 Å². The summed E-state index contributed by atoms with van der Waals surface area (Å²) in [5.74, 6) is -1.12. The van der Waals surface area contributed by atoms with Crippen LogP contribution in [0.1, 0.15) is 13.8 Å². The fourth-order valence-corrected chi connectivity index (χ4v) is 0.202. The van der Waals surface area contributed by atoms with Crippen molar-refractivity contribution in [1.82, 2.24) is 0 Å². The molecule has 0 aliphatic heterocycles. The number of hydrogen-bond acceptors (Lipinski definition) is 6. The first-order valence-corrected chi connectivity index (χ1v) is 2.43. The Kier molecular flexibility index (Phi) is 26.7. The van der Waals surface area contributed by atoms with E-state index in [2.05, 4.69) is 4.74 Å². The van der Waals surface area contributed by atoms with Gasteiger partial charge < -0.3 is 19.7 Å². The number of carbonyl (C=O) groups is 3. The maximum absolute atomic E-state index is 9.81. The summed E-state index contributed by atoms with van der Waals surface area (Å²) in [5, 5.41) is 16.7. The van der Waals surface area contributed by atoms with Gasteiger partial charge in [-0.15, -0.1) is 0 Å². The number of rotatable bonds is 0. The molecule has 13 heavy (non-hydrogen) atoms. The Morgan fingerprint density at radius 2 is 1.08 bits per heavy atom. The molecule has 0 aromatic heterocycles. The Balaban J connectivity index is -0.0000000600. The topological polar surface area (TPSA) is 107 Å². The van der Waals surface area contributed by atoms with Gasteiger partial charge in [0.05, 0.1) is 0 Å². The van der Waals surface area contributed by atoms with Gasteiger partial charge in [0.1, 0.15) is 0 Å². The van der Waals surface area contributed by atoms with Crippen LogP contribution in [0.25, 0.3) is 0 Å². The summed E-state index contributed by atoms with van der Waals surface area (Å²) in [6, 6.07) is 0. The minimum atomic E-state index is -2.33. The second-order valence-electron chi connectivity index (χ2n) is 1.34. The number of ether oxygens (including phenoxy) is 1. The third-order valence-corrected chi connectivity index (χ3v) is 0.287. The van der Waals surface area contributed by atoms with Gasteiger partial charge in [-0.2, -0.15) is 0 Å². The van der Waals surface area contributed by atoms with E-state index in [1.807, 2.05) is 0 Å². The van der Waals surface area contributed by atoms with E-state index in [-0.39, 0.29) is 59.1 Å². The van der Waals surface area contributed by atoms with Crippen LogP contribution in [0.4, 0.5) is 4.79 Å². The molecule has 0 spiro atoms. The molecule has 0 rings (SSSR count). The predicted molar refractivity (Wildman–Crippen MR) is 27.8 cm³/mol. The van der Waals surface area contributed by atoms with E-state index in [1.165, 1.54) is 13.8 Å². The summed E-state index contributed by atoms with van der Waals surface area (Å²) in [7, 11) is 0. The maximum atomic E-state index is 9.81. The molecule has 0 heterocycles. The minimum Gasteiger partial charge on any atom is -0.652 e. The van der Waals surface area contributed by atoms with Gasteiger partial charge in [0.25, 0.3) is 0 Å². The van der Waals surface area contributed by atoms with Crippen molar-refractivity contribution in [2.24, 2.45) is 0 Å². The fraction of sp³-hybridized carbons (Fsp3) is 0.400. The Morgan fingerprint density at radius 3 is 1.08 bits per heavy atom. The summed E-state index contributed by atoms with van der Waals surface area (Å²) >= 11 is 0. The van der Waals surface area contributed by atoms with Crippen molar-refractivity contribution in [2.45, 2.75) is 13.8 Å². The molecule has 0 unspecified atom stereocenters. The molecule has 8 heteroatoms. The second kappa shape index (κ2) is 14.9. The van der Waals surface area contributed by atoms with Crippen molar-refractivity contribution in [1.29, 1.82) is 0 Å². The van der Waals surface area contributed by atoms with Crippen LogP contribution in [0.3, 0.4) is 0 Å². The first-order valence-electron chi connectivity index (χ1n) is 2.43. The number of hydrogen-bond donors (Lipinski definition) is 0. The van der Waals surface area contributed by atoms with Crippen molar-refractivity contribution < 1.29 is 88.4 Å². The Morgan fingerprint density at radius 1 is 0.923 bits per heavy atom. The normalized spacial score (nSPS) is 6.00. The van der Waals surface area contributed by atoms with Crippen LogP contribution in [0, 0.1) is 0 Å². The Labute approximate surface area is 119 Å². The van der Waals surface area contributed by atoms with Crippen LogP contribution in [0.5, 0.6) is 0 Å². The van der Waals surface area contributed by atoms with Crippen LogP contribution < -0.4 is 69.3 Å². The predicted octanol–water partition coefficient (Wildman–Crippen LogP) is -8.34. The van der Waals surface area contributed by atoms with E-state index in [9.17, 15) is 9.59 Å². The maximum Gasteiger partial charge on any atom is 1.00 e. The summed E-state index contributed by atoms with van der Waals surface area (Å²) < 4.78 is 3.97. The average Bonchev–Trinajstić information content (AvgIpc) is 1.56. The van der Waals surface area contributed by atoms with Crippen molar-refractivity contribution in [3.05, 3.63) is 0 Å². The Bertz CT molecular complexity index is 152. The molecule has 0 N–H and O–H groups in total. The van der Waals surface area contributed by atoms with Crippen LogP contribution in [0.2, 0.25) is 0 Å². The van der Waals surface area contributed by atoms with E-state index in [4.69, 9.17) is 15.0 Å². The summed E-state index contributed by atoms with van der Waals surface area (Å²) in [5.41, 5.74) is 0. The quantitative estimate of drug-likeness (QED) is 0.222. The first-order chi connectivity index (χ1) is 4.86. The molecular formula is C5H6Na2O6. The SMILES string of the molecule is CC(=O)OC(C)=O.O=C([O-])[O-].[Na+].[Na+]. The average molecular weight is 208 g/mol. The van der Waals surface area contributed by atoms with Gasteiger partial charge >= 0.3 is 71.1 Å². The van der Waals surface area contributed by atoms with Crippen LogP contribution in [-0.4, -0.2) is 18.1 Å². The largest absolute Gasteiger partial charge is 1.00 e. The molecule has 0 aliphatic rings. The van der Waals surface area contributed by atoms with E-state index >= 15 is 0 Å². The second-order valence-corrected chi connectivity index (χ2v) is 1.34. The van der Waals surface area contributed by atoms with E-state index < -0.39 is 18.1 Å². The zero-order chi connectivity index (χ0) is 9.44. The molecule has 0 fully saturated rings. The van der Waals surface area contributed by atoms with Gasteiger partial charge in [0.15, 0.2) is 0 Å². The molecule has 0 aromatic carbocycles. The molecule has 64 valence electrons. The van der Waals surface area contributed by atoms with Gasteiger partial charge in [-0.25, -0.2) is 0 Å². The van der Waals surface area contributed by atoms with Crippen LogP contribution >= 0.6 is 0 Å². The minimum absolute atomic E-state index is 0. The number of carbonyl (C=O) groups excluding carboxylic acids is 3. The van der Waals surface area contributed by atoms with Gasteiger partial charge in [-0.05, 0) is 6.16 Å². The van der Waals surface area contributed by atoms with E-state index in [1.54, 1.807) is 0 Å². The zero-order valence-corrected chi connectivity index (χ0v) is 11.9. The summed E-state index contributed by atoms with van der Waals surface area (Å²) in [6.07, 6.45) is -2.33. The first kappa shape index (κ1) is 23.3. The molecule has 0 radical (unpaired) electrons. The fourth-order valence-electron chi connectivity index (χ4n) is 0.202. The van der Waals surface area contributed by atoms with Crippen LogP contribution in [0.15, 0.2) is 0 Å². The smallest absolute Gasteiger partial charge is 0.652 e. The summed E-state index contributed by atoms with van der Waals surface area (Å²) in [4.78, 5) is 28.0. The molecule has 6 nitrogen and oxygen atoms in total. The monoisotopic (exact) mass is 208 g/mol. The molecule has 0 atom stereocenters. The third kappa shape index (κ3) is 69.2. The molecule has 0 aliphatic carbocycles. The van der Waals surface area contributed by atoms with Crippen molar-refractivity contribution in [2.75, 3.05) is 0 Å². The van der Waals surface area contributed by atoms with E-state index in [0.717, 1.165) is 0 Å².